The van der Waals surface area contributed by atoms with Crippen LogP contribution in [0.5, 0.6) is 5.75 Å². The van der Waals surface area contributed by atoms with Crippen LogP contribution in [0.3, 0.4) is 0 Å². The van der Waals surface area contributed by atoms with Crippen LogP contribution in [0.2, 0.25) is 0 Å². The highest BCUT2D eigenvalue weighted by Gasteiger charge is 2.42. The van der Waals surface area contributed by atoms with E-state index in [1.54, 1.807) is 0 Å². The number of benzene rings is 1. The highest BCUT2D eigenvalue weighted by molar-refractivity contribution is 6.02. The Hall–Kier alpha value is -2.03. The number of carbonyl (C=O) groups is 1. The minimum atomic E-state index is -0.739. The zero-order chi connectivity index (χ0) is 14.2. The molecule has 0 bridgehead atoms. The highest BCUT2D eigenvalue weighted by Crippen LogP contribution is 2.37. The second kappa shape index (κ2) is 4.82. The number of aromatic nitrogens is 1. The molecule has 3 heteroatoms. The molecule has 20 heavy (non-hydrogen) atoms. The first kappa shape index (κ1) is 13.0. The van der Waals surface area contributed by atoms with E-state index in [9.17, 15) is 4.79 Å². The molecule has 0 radical (unpaired) electrons. The van der Waals surface area contributed by atoms with Crippen molar-refractivity contribution in [1.29, 1.82) is 0 Å². The van der Waals surface area contributed by atoms with Gasteiger partial charge in [-0.15, -0.1) is 0 Å². The summed E-state index contributed by atoms with van der Waals surface area (Å²) in [6.07, 6.45) is 4.26. The molecule has 2 aromatic rings. The van der Waals surface area contributed by atoms with Gasteiger partial charge in [0.15, 0.2) is 5.60 Å². The van der Waals surface area contributed by atoms with Crippen molar-refractivity contribution in [3.63, 3.8) is 0 Å². The average Bonchev–Trinajstić information content (AvgIpc) is 2.92. The van der Waals surface area contributed by atoms with Gasteiger partial charge in [-0.25, -0.2) is 0 Å². The van der Waals surface area contributed by atoms with Gasteiger partial charge in [-0.3, -0.25) is 4.79 Å². The Morgan fingerprint density at radius 2 is 1.95 bits per heavy atom. The van der Waals surface area contributed by atoms with Gasteiger partial charge in [0.1, 0.15) is 5.75 Å². The van der Waals surface area contributed by atoms with Crippen molar-refractivity contribution in [2.24, 2.45) is 0 Å². The Balaban J connectivity index is 2.24. The molecule has 0 saturated carbocycles. The van der Waals surface area contributed by atoms with Crippen molar-refractivity contribution >= 4 is 5.78 Å². The molecule has 3 nitrogen and oxygen atoms in total. The summed E-state index contributed by atoms with van der Waals surface area (Å²) in [4.78, 5) is 13.0. The number of ether oxygens (including phenoxy) is 1. The molecule has 1 aliphatic heterocycles. The summed E-state index contributed by atoms with van der Waals surface area (Å²) in [6, 6.07) is 11.6. The van der Waals surface area contributed by atoms with Crippen molar-refractivity contribution in [3.05, 3.63) is 48.3 Å². The number of ketones is 1. The van der Waals surface area contributed by atoms with E-state index in [-0.39, 0.29) is 5.78 Å². The van der Waals surface area contributed by atoms with Crippen molar-refractivity contribution in [3.8, 4) is 11.4 Å². The number of para-hydroxylation sites is 2. The maximum Gasteiger partial charge on any atom is 0.222 e. The fraction of sp³-hybridized carbons (Fsp3) is 0.353. The smallest absolute Gasteiger partial charge is 0.222 e. The normalized spacial score (nSPS) is 20.8. The first-order valence-electron chi connectivity index (χ1n) is 7.22. The summed E-state index contributed by atoms with van der Waals surface area (Å²) in [5, 5.41) is 0. The maximum absolute atomic E-state index is 13.0. The van der Waals surface area contributed by atoms with Crippen LogP contribution in [0.25, 0.3) is 5.69 Å². The van der Waals surface area contributed by atoms with Crippen LogP contribution in [0.1, 0.15) is 43.6 Å². The largest absolute Gasteiger partial charge is 0.477 e. The summed E-state index contributed by atoms with van der Waals surface area (Å²) < 4.78 is 8.15. The Labute approximate surface area is 119 Å². The Morgan fingerprint density at radius 1 is 1.15 bits per heavy atom. The van der Waals surface area contributed by atoms with E-state index in [1.807, 2.05) is 54.1 Å². The van der Waals surface area contributed by atoms with Gasteiger partial charge in [0.25, 0.3) is 0 Å². The van der Waals surface area contributed by atoms with Gasteiger partial charge in [-0.05, 0) is 37.1 Å². The van der Waals surface area contributed by atoms with Crippen LogP contribution in [-0.4, -0.2) is 16.0 Å². The number of hydrogen-bond donors (Lipinski definition) is 0. The first-order valence-corrected chi connectivity index (χ1v) is 7.22. The minimum absolute atomic E-state index is 0.0862. The molecule has 1 aromatic heterocycles. The molecule has 0 spiro atoms. The summed E-state index contributed by atoms with van der Waals surface area (Å²) in [6.45, 7) is 4.11. The molecule has 0 amide bonds. The molecule has 3 rings (SSSR count). The van der Waals surface area contributed by atoms with Crippen LogP contribution >= 0.6 is 0 Å². The maximum atomic E-state index is 13.0. The second-order valence-electron chi connectivity index (χ2n) is 5.26. The number of hydrogen-bond acceptors (Lipinski definition) is 2. The number of Topliss-reactive ketones (excluding diaryl/α,β-unsaturated/α-hetero) is 1. The fourth-order valence-corrected chi connectivity index (χ4v) is 2.99. The molecule has 104 valence electrons. The zero-order valence-corrected chi connectivity index (χ0v) is 11.9. The van der Waals surface area contributed by atoms with Crippen molar-refractivity contribution in [2.45, 2.75) is 38.7 Å². The quantitative estimate of drug-likeness (QED) is 0.843. The molecule has 2 heterocycles. The number of fused-ring (bicyclic) bond motifs is 3. The number of carbonyl (C=O) groups excluding carboxylic acids is 1. The molecule has 1 unspecified atom stereocenters. The molecule has 1 aromatic carbocycles. The molecular weight excluding hydrogens is 250 g/mol. The van der Waals surface area contributed by atoms with Crippen molar-refractivity contribution < 1.29 is 9.53 Å². The molecule has 0 aliphatic carbocycles. The third kappa shape index (κ3) is 1.77. The molecular formula is C17H19NO2. The lowest BCUT2D eigenvalue weighted by atomic mass is 9.88. The van der Waals surface area contributed by atoms with Crippen LogP contribution in [-0.2, 0) is 0 Å². The SMILES string of the molecule is CCCC1(CC)Oc2ccccc2-n2cccc2C1=O. The average molecular weight is 269 g/mol. The highest BCUT2D eigenvalue weighted by atomic mass is 16.5. The molecule has 0 fully saturated rings. The lowest BCUT2D eigenvalue weighted by Crippen LogP contribution is -2.43. The second-order valence-corrected chi connectivity index (χ2v) is 5.26. The zero-order valence-electron chi connectivity index (χ0n) is 11.9. The Morgan fingerprint density at radius 3 is 2.70 bits per heavy atom. The van der Waals surface area contributed by atoms with Gasteiger partial charge < -0.3 is 9.30 Å². The number of nitrogens with zero attached hydrogens (tertiary/aromatic N) is 1. The summed E-state index contributed by atoms with van der Waals surface area (Å²) in [5.41, 5.74) is 0.912. The fourth-order valence-electron chi connectivity index (χ4n) is 2.99. The van der Waals surface area contributed by atoms with Gasteiger partial charge in [0.2, 0.25) is 5.78 Å². The Kier molecular flexibility index (Phi) is 3.13. The third-order valence-electron chi connectivity index (χ3n) is 4.05. The van der Waals surface area contributed by atoms with Gasteiger partial charge in [0.05, 0.1) is 11.4 Å². The van der Waals surface area contributed by atoms with E-state index >= 15 is 0 Å². The van der Waals surface area contributed by atoms with E-state index < -0.39 is 5.60 Å². The molecule has 0 N–H and O–H groups in total. The predicted octanol–water partition coefficient (Wildman–Crippen LogP) is 4.00. The van der Waals surface area contributed by atoms with E-state index in [4.69, 9.17) is 4.74 Å². The summed E-state index contributed by atoms with van der Waals surface area (Å²) >= 11 is 0. The van der Waals surface area contributed by atoms with E-state index in [1.165, 1.54) is 0 Å². The monoisotopic (exact) mass is 269 g/mol. The van der Waals surface area contributed by atoms with Crippen LogP contribution in [0, 0.1) is 0 Å². The molecule has 1 aliphatic rings. The topological polar surface area (TPSA) is 31.2 Å². The molecule has 1 atom stereocenters. The van der Waals surface area contributed by atoms with Crippen LogP contribution in [0.4, 0.5) is 0 Å². The Bertz CT molecular complexity index is 644. The number of rotatable bonds is 3. The van der Waals surface area contributed by atoms with Crippen molar-refractivity contribution in [1.82, 2.24) is 4.57 Å². The van der Waals surface area contributed by atoms with Gasteiger partial charge >= 0.3 is 0 Å². The lowest BCUT2D eigenvalue weighted by molar-refractivity contribution is 0.0396. The van der Waals surface area contributed by atoms with E-state index in [0.29, 0.717) is 12.1 Å². The van der Waals surface area contributed by atoms with Crippen LogP contribution < -0.4 is 4.74 Å². The minimum Gasteiger partial charge on any atom is -0.477 e. The van der Waals surface area contributed by atoms with Crippen LogP contribution in [0.15, 0.2) is 42.6 Å². The van der Waals surface area contributed by atoms with Crippen molar-refractivity contribution in [2.75, 3.05) is 0 Å². The lowest BCUT2D eigenvalue weighted by Gasteiger charge is -2.30. The third-order valence-corrected chi connectivity index (χ3v) is 4.05. The summed E-state index contributed by atoms with van der Waals surface area (Å²) in [5.74, 6) is 0.870. The van der Waals surface area contributed by atoms with E-state index in [2.05, 4.69) is 6.92 Å². The predicted molar refractivity (Wildman–Crippen MR) is 78.7 cm³/mol. The first-order chi connectivity index (χ1) is 9.72. The standard InChI is InChI=1S/C17H19NO2/c1-3-11-17(4-2)16(19)14-9-7-12-18(14)13-8-5-6-10-15(13)20-17/h5-10,12H,3-4,11H2,1-2H3. The van der Waals surface area contributed by atoms with E-state index in [0.717, 1.165) is 24.3 Å². The summed E-state index contributed by atoms with van der Waals surface area (Å²) in [7, 11) is 0. The van der Waals surface area contributed by atoms with Gasteiger partial charge in [-0.1, -0.05) is 32.4 Å². The van der Waals surface area contributed by atoms with Gasteiger partial charge in [0, 0.05) is 6.20 Å². The molecule has 0 saturated heterocycles. The van der Waals surface area contributed by atoms with Gasteiger partial charge in [-0.2, -0.15) is 0 Å².